The standard InChI is InChI=1S/C12H18N2O2/c1-10-2-4-13(5-3-10)11(15)14-6-12(7-14)8-16-9-12/h2H,3-9H2,1H3. The Kier molecular flexibility index (Phi) is 2.21. The van der Waals surface area contributed by atoms with Gasteiger partial charge in [0.2, 0.25) is 0 Å². The molecule has 2 amide bonds. The summed E-state index contributed by atoms with van der Waals surface area (Å²) < 4.78 is 5.21. The molecule has 0 bridgehead atoms. The number of hydrogen-bond donors (Lipinski definition) is 0. The van der Waals surface area contributed by atoms with Crippen molar-refractivity contribution in [2.45, 2.75) is 13.3 Å². The molecule has 0 saturated carbocycles. The molecule has 1 spiro atoms. The first-order chi connectivity index (χ1) is 7.69. The lowest BCUT2D eigenvalue weighted by Crippen LogP contribution is -2.68. The van der Waals surface area contributed by atoms with E-state index in [-0.39, 0.29) is 6.03 Å². The van der Waals surface area contributed by atoms with E-state index in [4.69, 9.17) is 4.74 Å². The molecule has 88 valence electrons. The van der Waals surface area contributed by atoms with Gasteiger partial charge in [-0.3, -0.25) is 0 Å². The van der Waals surface area contributed by atoms with Crippen LogP contribution in [0.5, 0.6) is 0 Å². The summed E-state index contributed by atoms with van der Waals surface area (Å²) in [7, 11) is 0. The zero-order valence-corrected chi connectivity index (χ0v) is 9.74. The van der Waals surface area contributed by atoms with Crippen molar-refractivity contribution in [3.05, 3.63) is 11.6 Å². The Hall–Kier alpha value is -1.03. The molecule has 16 heavy (non-hydrogen) atoms. The van der Waals surface area contributed by atoms with Crippen molar-refractivity contribution in [3.8, 4) is 0 Å². The second-order valence-corrected chi connectivity index (χ2v) is 5.38. The van der Waals surface area contributed by atoms with E-state index in [9.17, 15) is 4.79 Å². The number of ether oxygens (including phenoxy) is 1. The maximum absolute atomic E-state index is 12.1. The smallest absolute Gasteiger partial charge is 0.320 e. The van der Waals surface area contributed by atoms with Gasteiger partial charge in [0.1, 0.15) is 0 Å². The molecule has 0 atom stereocenters. The van der Waals surface area contributed by atoms with Crippen LogP contribution in [-0.4, -0.2) is 55.2 Å². The lowest BCUT2D eigenvalue weighted by atomic mass is 9.78. The minimum atomic E-state index is 0.210. The molecule has 3 aliphatic rings. The van der Waals surface area contributed by atoms with Gasteiger partial charge in [-0.05, 0) is 13.3 Å². The number of carbonyl (C=O) groups is 1. The van der Waals surface area contributed by atoms with E-state index >= 15 is 0 Å². The van der Waals surface area contributed by atoms with Gasteiger partial charge in [0.25, 0.3) is 0 Å². The topological polar surface area (TPSA) is 32.8 Å². The second kappa shape index (κ2) is 3.48. The van der Waals surface area contributed by atoms with Crippen LogP contribution in [-0.2, 0) is 4.74 Å². The Morgan fingerprint density at radius 3 is 2.62 bits per heavy atom. The molecule has 0 aliphatic carbocycles. The summed E-state index contributed by atoms with van der Waals surface area (Å²) in [5, 5.41) is 0. The Morgan fingerprint density at radius 1 is 1.38 bits per heavy atom. The molecule has 0 aromatic carbocycles. The summed E-state index contributed by atoms with van der Waals surface area (Å²) in [6, 6.07) is 0.210. The predicted molar refractivity (Wildman–Crippen MR) is 60.2 cm³/mol. The molecule has 2 fully saturated rings. The molecule has 3 heterocycles. The Morgan fingerprint density at radius 2 is 2.12 bits per heavy atom. The van der Waals surface area contributed by atoms with Crippen molar-refractivity contribution in [1.29, 1.82) is 0 Å². The van der Waals surface area contributed by atoms with Gasteiger partial charge in [0.15, 0.2) is 0 Å². The van der Waals surface area contributed by atoms with Crippen molar-refractivity contribution < 1.29 is 9.53 Å². The van der Waals surface area contributed by atoms with Crippen LogP contribution >= 0.6 is 0 Å². The fourth-order valence-corrected chi connectivity index (χ4v) is 2.62. The van der Waals surface area contributed by atoms with Crippen molar-refractivity contribution in [3.63, 3.8) is 0 Å². The third kappa shape index (κ3) is 1.52. The normalized spacial score (nSPS) is 27.2. The lowest BCUT2D eigenvalue weighted by Gasteiger charge is -2.55. The highest BCUT2D eigenvalue weighted by Crippen LogP contribution is 2.38. The fraction of sp³-hybridized carbons (Fsp3) is 0.750. The summed E-state index contributed by atoms with van der Waals surface area (Å²) in [5.41, 5.74) is 1.73. The maximum atomic E-state index is 12.1. The molecule has 0 aromatic rings. The molecule has 3 rings (SSSR count). The van der Waals surface area contributed by atoms with E-state index in [2.05, 4.69) is 13.0 Å². The van der Waals surface area contributed by atoms with Gasteiger partial charge >= 0.3 is 6.03 Å². The van der Waals surface area contributed by atoms with E-state index in [0.717, 1.165) is 45.8 Å². The van der Waals surface area contributed by atoms with Crippen LogP contribution in [0.15, 0.2) is 11.6 Å². The molecule has 0 aromatic heterocycles. The second-order valence-electron chi connectivity index (χ2n) is 5.38. The van der Waals surface area contributed by atoms with Gasteiger partial charge in [-0.15, -0.1) is 0 Å². The summed E-state index contributed by atoms with van der Waals surface area (Å²) in [4.78, 5) is 16.0. The summed E-state index contributed by atoms with van der Waals surface area (Å²) in [5.74, 6) is 0. The van der Waals surface area contributed by atoms with Crippen molar-refractivity contribution in [2.24, 2.45) is 5.41 Å². The Labute approximate surface area is 95.8 Å². The van der Waals surface area contributed by atoms with Gasteiger partial charge in [0.05, 0.1) is 18.6 Å². The monoisotopic (exact) mass is 222 g/mol. The fourth-order valence-electron chi connectivity index (χ4n) is 2.62. The van der Waals surface area contributed by atoms with Gasteiger partial charge in [-0.25, -0.2) is 4.79 Å². The van der Waals surface area contributed by atoms with Gasteiger partial charge in [-0.2, -0.15) is 0 Å². The average molecular weight is 222 g/mol. The highest BCUT2D eigenvalue weighted by Gasteiger charge is 2.51. The van der Waals surface area contributed by atoms with Crippen molar-refractivity contribution in [2.75, 3.05) is 39.4 Å². The van der Waals surface area contributed by atoms with E-state index in [1.807, 2.05) is 9.80 Å². The number of hydrogen-bond acceptors (Lipinski definition) is 2. The lowest BCUT2D eigenvalue weighted by molar-refractivity contribution is -0.177. The van der Waals surface area contributed by atoms with Crippen molar-refractivity contribution >= 4 is 6.03 Å². The highest BCUT2D eigenvalue weighted by molar-refractivity contribution is 5.76. The van der Waals surface area contributed by atoms with Gasteiger partial charge in [-0.1, -0.05) is 11.6 Å². The molecular weight excluding hydrogens is 204 g/mol. The summed E-state index contributed by atoms with van der Waals surface area (Å²) in [6.45, 7) is 7.26. The zero-order valence-electron chi connectivity index (χ0n) is 9.74. The van der Waals surface area contributed by atoms with Crippen LogP contribution in [0, 0.1) is 5.41 Å². The number of nitrogens with zero attached hydrogens (tertiary/aromatic N) is 2. The number of likely N-dealkylation sites (tertiary alicyclic amines) is 1. The molecular formula is C12H18N2O2. The number of amides is 2. The van der Waals surface area contributed by atoms with Crippen LogP contribution in [0.3, 0.4) is 0 Å². The maximum Gasteiger partial charge on any atom is 0.320 e. The first kappa shape index (κ1) is 10.1. The Balaban J connectivity index is 1.54. The molecule has 3 aliphatic heterocycles. The van der Waals surface area contributed by atoms with Crippen LogP contribution < -0.4 is 0 Å². The minimum absolute atomic E-state index is 0.210. The summed E-state index contributed by atoms with van der Waals surface area (Å²) in [6.07, 6.45) is 3.18. The van der Waals surface area contributed by atoms with Crippen LogP contribution in [0.1, 0.15) is 13.3 Å². The number of urea groups is 1. The number of rotatable bonds is 0. The quantitative estimate of drug-likeness (QED) is 0.575. The van der Waals surface area contributed by atoms with E-state index < -0.39 is 0 Å². The third-order valence-corrected chi connectivity index (χ3v) is 3.85. The molecule has 4 heteroatoms. The SMILES string of the molecule is CC1=CCN(C(=O)N2CC3(COC3)C2)CC1. The third-order valence-electron chi connectivity index (χ3n) is 3.85. The minimum Gasteiger partial charge on any atom is -0.380 e. The number of carbonyl (C=O) groups excluding carboxylic acids is 1. The van der Waals surface area contributed by atoms with Crippen LogP contribution in [0.25, 0.3) is 0 Å². The van der Waals surface area contributed by atoms with E-state index in [1.54, 1.807) is 0 Å². The van der Waals surface area contributed by atoms with E-state index in [0.29, 0.717) is 5.41 Å². The van der Waals surface area contributed by atoms with Crippen LogP contribution in [0.4, 0.5) is 4.79 Å². The highest BCUT2D eigenvalue weighted by atomic mass is 16.5. The summed E-state index contributed by atoms with van der Waals surface area (Å²) >= 11 is 0. The van der Waals surface area contributed by atoms with Gasteiger partial charge < -0.3 is 14.5 Å². The van der Waals surface area contributed by atoms with E-state index in [1.165, 1.54) is 5.57 Å². The predicted octanol–water partition coefficient (Wildman–Crippen LogP) is 1.09. The molecule has 0 unspecified atom stereocenters. The Bertz CT molecular complexity index is 339. The van der Waals surface area contributed by atoms with Crippen molar-refractivity contribution in [1.82, 2.24) is 9.80 Å². The first-order valence-electron chi connectivity index (χ1n) is 5.96. The molecule has 2 saturated heterocycles. The molecule has 4 nitrogen and oxygen atoms in total. The van der Waals surface area contributed by atoms with Gasteiger partial charge in [0, 0.05) is 26.2 Å². The van der Waals surface area contributed by atoms with Crippen LogP contribution in [0.2, 0.25) is 0 Å². The molecule has 0 radical (unpaired) electrons. The average Bonchev–Trinajstić information content (AvgIpc) is 2.14. The largest absolute Gasteiger partial charge is 0.380 e. The molecule has 0 N–H and O–H groups in total. The zero-order chi connectivity index (χ0) is 11.2. The first-order valence-corrected chi connectivity index (χ1v) is 5.96.